The zero-order valence-corrected chi connectivity index (χ0v) is 11.9. The van der Waals surface area contributed by atoms with Crippen molar-refractivity contribution in [1.29, 1.82) is 0 Å². The Labute approximate surface area is 119 Å². The van der Waals surface area contributed by atoms with Crippen LogP contribution in [0.25, 0.3) is 11.3 Å². The minimum Gasteiger partial charge on any atom is -0.496 e. The molecule has 3 rings (SSSR count). The number of ether oxygens (including phenoxy) is 1. The van der Waals surface area contributed by atoms with Gasteiger partial charge in [-0.3, -0.25) is 0 Å². The van der Waals surface area contributed by atoms with Crippen molar-refractivity contribution in [2.45, 2.75) is 32.4 Å². The normalized spacial score (nSPS) is 14.3. The largest absolute Gasteiger partial charge is 0.496 e. The highest BCUT2D eigenvalue weighted by Crippen LogP contribution is 2.28. The maximum atomic E-state index is 5.41. The van der Waals surface area contributed by atoms with Crippen molar-refractivity contribution in [3.05, 3.63) is 41.9 Å². The summed E-state index contributed by atoms with van der Waals surface area (Å²) in [6.45, 7) is 2.73. The molecule has 1 aromatic heterocycles. The van der Waals surface area contributed by atoms with Gasteiger partial charge >= 0.3 is 0 Å². The van der Waals surface area contributed by atoms with E-state index < -0.39 is 0 Å². The van der Waals surface area contributed by atoms with E-state index in [1.807, 2.05) is 37.3 Å². The second-order valence-corrected chi connectivity index (χ2v) is 5.17. The van der Waals surface area contributed by atoms with Gasteiger partial charge in [-0.05, 0) is 38.0 Å². The number of benzene rings is 1. The van der Waals surface area contributed by atoms with Crippen LogP contribution in [0.2, 0.25) is 0 Å². The van der Waals surface area contributed by atoms with Crippen LogP contribution in [0.5, 0.6) is 5.75 Å². The lowest BCUT2D eigenvalue weighted by Crippen LogP contribution is -2.17. The van der Waals surface area contributed by atoms with Gasteiger partial charge in [0, 0.05) is 17.3 Å². The third-order valence-corrected chi connectivity index (χ3v) is 3.41. The zero-order valence-electron chi connectivity index (χ0n) is 11.9. The number of hydrogen-bond donors (Lipinski definition) is 1. The quantitative estimate of drug-likeness (QED) is 0.906. The first-order chi connectivity index (χ1) is 9.76. The first-order valence-electron chi connectivity index (χ1n) is 6.97. The molecule has 1 saturated carbocycles. The second-order valence-electron chi connectivity index (χ2n) is 5.17. The summed E-state index contributed by atoms with van der Waals surface area (Å²) in [6.07, 6.45) is 2.54. The first kappa shape index (κ1) is 13.1. The molecule has 0 bridgehead atoms. The third kappa shape index (κ3) is 2.96. The van der Waals surface area contributed by atoms with E-state index in [2.05, 4.69) is 15.3 Å². The van der Waals surface area contributed by atoms with E-state index in [-0.39, 0.29) is 0 Å². The number of nitrogens with zero attached hydrogens (tertiary/aromatic N) is 2. The minimum absolute atomic E-state index is 0.661. The van der Waals surface area contributed by atoms with Gasteiger partial charge in [0.15, 0.2) is 0 Å². The van der Waals surface area contributed by atoms with Crippen LogP contribution in [0.4, 0.5) is 0 Å². The maximum absolute atomic E-state index is 5.41. The Balaban J connectivity index is 1.91. The molecule has 0 spiro atoms. The number of aromatic nitrogens is 2. The maximum Gasteiger partial charge on any atom is 0.143 e. The molecule has 1 N–H and O–H groups in total. The first-order valence-corrected chi connectivity index (χ1v) is 6.97. The molecule has 4 heteroatoms. The molecule has 2 aromatic rings. The van der Waals surface area contributed by atoms with Gasteiger partial charge in [-0.1, -0.05) is 12.1 Å². The molecule has 20 heavy (non-hydrogen) atoms. The van der Waals surface area contributed by atoms with Crippen molar-refractivity contribution in [1.82, 2.24) is 15.3 Å². The van der Waals surface area contributed by atoms with Crippen molar-refractivity contribution in [3.8, 4) is 17.0 Å². The molecule has 0 aliphatic heterocycles. The topological polar surface area (TPSA) is 47.0 Å². The number of methoxy groups -OCH3 is 1. The van der Waals surface area contributed by atoms with E-state index in [1.54, 1.807) is 7.11 Å². The van der Waals surface area contributed by atoms with Crippen molar-refractivity contribution >= 4 is 0 Å². The Kier molecular flexibility index (Phi) is 3.65. The highest BCUT2D eigenvalue weighted by atomic mass is 16.5. The fourth-order valence-electron chi connectivity index (χ4n) is 2.23. The van der Waals surface area contributed by atoms with Crippen molar-refractivity contribution in [2.24, 2.45) is 0 Å². The average Bonchev–Trinajstić information content (AvgIpc) is 3.29. The Morgan fingerprint density at radius 3 is 2.80 bits per heavy atom. The van der Waals surface area contributed by atoms with Crippen molar-refractivity contribution < 1.29 is 4.74 Å². The Morgan fingerprint density at radius 1 is 1.25 bits per heavy atom. The summed E-state index contributed by atoms with van der Waals surface area (Å²) in [5, 5.41) is 3.45. The van der Waals surface area contributed by atoms with Gasteiger partial charge in [-0.25, -0.2) is 9.97 Å². The molecule has 1 aliphatic rings. The molecule has 0 amide bonds. The number of aryl methyl sites for hydroxylation is 1. The van der Waals surface area contributed by atoms with Crippen molar-refractivity contribution in [3.63, 3.8) is 0 Å². The van der Waals surface area contributed by atoms with Gasteiger partial charge < -0.3 is 10.1 Å². The van der Waals surface area contributed by atoms with Crippen LogP contribution < -0.4 is 10.1 Å². The van der Waals surface area contributed by atoms with Crippen molar-refractivity contribution in [2.75, 3.05) is 7.11 Å². The molecule has 1 fully saturated rings. The Morgan fingerprint density at radius 2 is 2.05 bits per heavy atom. The SMILES string of the molecule is COc1ccccc1-c1cc(C)nc(CNC2CC2)n1. The fraction of sp³-hybridized carbons (Fsp3) is 0.375. The summed E-state index contributed by atoms with van der Waals surface area (Å²) in [5.74, 6) is 1.68. The Bertz CT molecular complexity index is 608. The lowest BCUT2D eigenvalue weighted by Gasteiger charge is -2.10. The van der Waals surface area contributed by atoms with E-state index in [0.29, 0.717) is 6.04 Å². The molecule has 1 heterocycles. The standard InChI is InChI=1S/C16H19N3O/c1-11-9-14(13-5-3-4-6-15(13)20-2)19-16(18-11)10-17-12-7-8-12/h3-6,9,12,17H,7-8,10H2,1-2H3. The monoisotopic (exact) mass is 269 g/mol. The van der Waals surface area contributed by atoms with E-state index >= 15 is 0 Å². The molecule has 1 aromatic carbocycles. The van der Waals surface area contributed by atoms with Gasteiger partial charge in [0.05, 0.1) is 19.3 Å². The molecule has 0 unspecified atom stereocenters. The second kappa shape index (κ2) is 5.59. The predicted molar refractivity (Wildman–Crippen MR) is 78.6 cm³/mol. The van der Waals surface area contributed by atoms with Gasteiger partial charge in [0.1, 0.15) is 11.6 Å². The molecule has 4 nitrogen and oxygen atoms in total. The van der Waals surface area contributed by atoms with Crippen LogP contribution in [0.3, 0.4) is 0 Å². The summed E-state index contributed by atoms with van der Waals surface area (Å²) in [6, 6.07) is 10.6. The van der Waals surface area contributed by atoms with E-state index in [1.165, 1.54) is 12.8 Å². The van der Waals surface area contributed by atoms with Crippen LogP contribution in [-0.2, 0) is 6.54 Å². The number of nitrogens with one attached hydrogen (secondary N) is 1. The van der Waals surface area contributed by atoms with Crippen LogP contribution in [0.15, 0.2) is 30.3 Å². The minimum atomic E-state index is 0.661. The van der Waals surface area contributed by atoms with E-state index in [4.69, 9.17) is 4.74 Å². The van der Waals surface area contributed by atoms with Crippen LogP contribution in [0, 0.1) is 6.92 Å². The van der Waals surface area contributed by atoms with Crippen LogP contribution >= 0.6 is 0 Å². The number of para-hydroxylation sites is 1. The van der Waals surface area contributed by atoms with E-state index in [9.17, 15) is 0 Å². The summed E-state index contributed by atoms with van der Waals surface area (Å²) < 4.78 is 5.41. The fourth-order valence-corrected chi connectivity index (χ4v) is 2.23. The number of hydrogen-bond acceptors (Lipinski definition) is 4. The third-order valence-electron chi connectivity index (χ3n) is 3.41. The molecular formula is C16H19N3O. The molecule has 104 valence electrons. The molecule has 1 aliphatic carbocycles. The summed E-state index contributed by atoms with van der Waals surface area (Å²) >= 11 is 0. The highest BCUT2D eigenvalue weighted by molar-refractivity contribution is 5.67. The van der Waals surface area contributed by atoms with Crippen LogP contribution in [0.1, 0.15) is 24.4 Å². The number of rotatable bonds is 5. The lowest BCUT2D eigenvalue weighted by atomic mass is 10.1. The van der Waals surface area contributed by atoms with Gasteiger partial charge in [0.25, 0.3) is 0 Å². The predicted octanol–water partition coefficient (Wildman–Crippen LogP) is 2.71. The van der Waals surface area contributed by atoms with Gasteiger partial charge in [-0.2, -0.15) is 0 Å². The molecule has 0 saturated heterocycles. The highest BCUT2D eigenvalue weighted by Gasteiger charge is 2.20. The zero-order chi connectivity index (χ0) is 13.9. The molecule has 0 atom stereocenters. The Hall–Kier alpha value is -1.94. The smallest absolute Gasteiger partial charge is 0.143 e. The molecule has 0 radical (unpaired) electrons. The summed E-state index contributed by atoms with van der Waals surface area (Å²) in [7, 11) is 1.68. The van der Waals surface area contributed by atoms with E-state index in [0.717, 1.165) is 35.1 Å². The average molecular weight is 269 g/mol. The van der Waals surface area contributed by atoms with Gasteiger partial charge in [0.2, 0.25) is 0 Å². The summed E-state index contributed by atoms with van der Waals surface area (Å²) in [5.41, 5.74) is 2.91. The van der Waals surface area contributed by atoms with Gasteiger partial charge in [-0.15, -0.1) is 0 Å². The molecular weight excluding hydrogens is 250 g/mol. The summed E-state index contributed by atoms with van der Waals surface area (Å²) in [4.78, 5) is 9.16. The van der Waals surface area contributed by atoms with Crippen LogP contribution in [-0.4, -0.2) is 23.1 Å². The lowest BCUT2D eigenvalue weighted by molar-refractivity contribution is 0.416.